The first kappa shape index (κ1) is 17.2. The number of carbonyl (C=O) groups is 1. The number of allylic oxidation sites excluding steroid dienone is 2. The van der Waals surface area contributed by atoms with Crippen molar-refractivity contribution in [3.8, 4) is 0 Å². The molecule has 0 amide bonds. The van der Waals surface area contributed by atoms with Gasteiger partial charge in [0, 0.05) is 44.5 Å². The highest BCUT2D eigenvalue weighted by Crippen LogP contribution is 2.31. The molecule has 3 rings (SSSR count). The maximum Gasteiger partial charge on any atom is 0.158 e. The summed E-state index contributed by atoms with van der Waals surface area (Å²) in [5, 5.41) is 3.33. The summed E-state index contributed by atoms with van der Waals surface area (Å²) in [6, 6.07) is 14.8. The number of hydrogen-bond acceptors (Lipinski definition) is 3. The zero-order valence-electron chi connectivity index (χ0n) is 14.6. The van der Waals surface area contributed by atoms with E-state index in [0.717, 1.165) is 23.4 Å². The van der Waals surface area contributed by atoms with Gasteiger partial charge in [-0.25, -0.2) is 4.39 Å². The maximum atomic E-state index is 13.0. The Balaban J connectivity index is 1.66. The largest absolute Gasteiger partial charge is 0.384 e. The molecule has 2 aromatic carbocycles. The summed E-state index contributed by atoms with van der Waals surface area (Å²) >= 11 is 0. The third kappa shape index (κ3) is 4.47. The van der Waals surface area contributed by atoms with Crippen molar-refractivity contribution in [2.45, 2.75) is 25.3 Å². The first-order chi connectivity index (χ1) is 12.0. The van der Waals surface area contributed by atoms with Crippen LogP contribution in [-0.4, -0.2) is 19.9 Å². The number of ketones is 1. The van der Waals surface area contributed by atoms with Crippen molar-refractivity contribution in [1.82, 2.24) is 5.32 Å². The molecule has 0 heterocycles. The van der Waals surface area contributed by atoms with Crippen LogP contribution in [0.3, 0.4) is 0 Å². The Labute approximate surface area is 148 Å². The minimum absolute atomic E-state index is 0.148. The van der Waals surface area contributed by atoms with E-state index in [4.69, 9.17) is 0 Å². The van der Waals surface area contributed by atoms with Gasteiger partial charge in [0.25, 0.3) is 0 Å². The molecule has 3 nitrogen and oxygen atoms in total. The standard InChI is InChI=1S/C21H23FN2O/c1-24(2)20-9-5-16(6-10-20)17-11-19(13-21(25)12-17)23-14-15-3-7-18(22)8-4-15/h3-10,13,17,23H,11-12,14H2,1-2H3. The third-order valence-corrected chi connectivity index (χ3v) is 4.56. The fourth-order valence-corrected chi connectivity index (χ4v) is 3.11. The monoisotopic (exact) mass is 338 g/mol. The molecule has 0 aromatic heterocycles. The number of nitrogens with one attached hydrogen (secondary N) is 1. The highest BCUT2D eigenvalue weighted by atomic mass is 19.1. The van der Waals surface area contributed by atoms with Crippen LogP contribution in [0, 0.1) is 5.82 Å². The van der Waals surface area contributed by atoms with E-state index in [0.29, 0.717) is 13.0 Å². The van der Waals surface area contributed by atoms with Gasteiger partial charge in [0.1, 0.15) is 5.82 Å². The average molecular weight is 338 g/mol. The van der Waals surface area contributed by atoms with Gasteiger partial charge in [0.05, 0.1) is 0 Å². The second-order valence-electron chi connectivity index (χ2n) is 6.71. The number of nitrogens with zero attached hydrogens (tertiary/aromatic N) is 1. The molecular formula is C21H23FN2O. The van der Waals surface area contributed by atoms with E-state index in [1.165, 1.54) is 17.7 Å². The van der Waals surface area contributed by atoms with Crippen molar-refractivity contribution in [3.63, 3.8) is 0 Å². The van der Waals surface area contributed by atoms with Crippen molar-refractivity contribution in [2.24, 2.45) is 0 Å². The summed E-state index contributed by atoms with van der Waals surface area (Å²) in [6.07, 6.45) is 3.06. The molecule has 1 N–H and O–H groups in total. The Hall–Kier alpha value is -2.62. The van der Waals surface area contributed by atoms with Crippen LogP contribution in [0.5, 0.6) is 0 Å². The van der Waals surface area contributed by atoms with Crippen molar-refractivity contribution in [3.05, 3.63) is 77.2 Å². The third-order valence-electron chi connectivity index (χ3n) is 4.56. The maximum absolute atomic E-state index is 13.0. The molecule has 1 aliphatic rings. The van der Waals surface area contributed by atoms with Gasteiger partial charge in [-0.15, -0.1) is 0 Å². The summed E-state index contributed by atoms with van der Waals surface area (Å²) in [5.41, 5.74) is 4.28. The van der Waals surface area contributed by atoms with Crippen LogP contribution in [0.1, 0.15) is 29.9 Å². The Bertz CT molecular complexity index is 763. The quantitative estimate of drug-likeness (QED) is 0.894. The highest BCUT2D eigenvalue weighted by molar-refractivity contribution is 5.92. The van der Waals surface area contributed by atoms with Crippen molar-refractivity contribution < 1.29 is 9.18 Å². The lowest BCUT2D eigenvalue weighted by Gasteiger charge is -2.24. The Morgan fingerprint density at radius 1 is 1.04 bits per heavy atom. The molecular weight excluding hydrogens is 315 g/mol. The van der Waals surface area contributed by atoms with Crippen molar-refractivity contribution in [1.29, 1.82) is 0 Å². The van der Waals surface area contributed by atoms with Crippen LogP contribution < -0.4 is 10.2 Å². The first-order valence-electron chi connectivity index (χ1n) is 8.50. The zero-order chi connectivity index (χ0) is 17.8. The second-order valence-corrected chi connectivity index (χ2v) is 6.71. The summed E-state index contributed by atoms with van der Waals surface area (Å²) < 4.78 is 13.0. The summed E-state index contributed by atoms with van der Waals surface area (Å²) in [6.45, 7) is 0.589. The van der Waals surface area contributed by atoms with E-state index in [2.05, 4.69) is 34.5 Å². The van der Waals surface area contributed by atoms with Gasteiger partial charge in [-0.3, -0.25) is 4.79 Å². The van der Waals surface area contributed by atoms with Crippen LogP contribution in [0.2, 0.25) is 0 Å². The minimum atomic E-state index is -0.239. The molecule has 1 aliphatic carbocycles. The van der Waals surface area contributed by atoms with Gasteiger partial charge in [-0.2, -0.15) is 0 Å². The normalized spacial score (nSPS) is 17.2. The lowest BCUT2D eigenvalue weighted by molar-refractivity contribution is -0.115. The lowest BCUT2D eigenvalue weighted by Crippen LogP contribution is -2.22. The molecule has 0 saturated heterocycles. The molecule has 0 radical (unpaired) electrons. The summed E-state index contributed by atoms with van der Waals surface area (Å²) in [7, 11) is 4.03. The fraction of sp³-hybridized carbons (Fsp3) is 0.286. The minimum Gasteiger partial charge on any atom is -0.384 e. The van der Waals surface area contributed by atoms with Crippen molar-refractivity contribution >= 4 is 11.5 Å². The number of halogens is 1. The molecule has 0 spiro atoms. The average Bonchev–Trinajstić information content (AvgIpc) is 2.61. The van der Waals surface area contributed by atoms with Crippen LogP contribution in [0.4, 0.5) is 10.1 Å². The number of hydrogen-bond donors (Lipinski definition) is 1. The van der Waals surface area contributed by atoms with Gasteiger partial charge in [-0.1, -0.05) is 24.3 Å². The highest BCUT2D eigenvalue weighted by Gasteiger charge is 2.22. The molecule has 4 heteroatoms. The number of carbonyl (C=O) groups excluding carboxylic acids is 1. The Kier molecular flexibility index (Phi) is 5.17. The second kappa shape index (κ2) is 7.51. The van der Waals surface area contributed by atoms with Crippen molar-refractivity contribution in [2.75, 3.05) is 19.0 Å². The smallest absolute Gasteiger partial charge is 0.158 e. The first-order valence-corrected chi connectivity index (χ1v) is 8.50. The molecule has 0 aliphatic heterocycles. The lowest BCUT2D eigenvalue weighted by atomic mass is 9.85. The number of rotatable bonds is 5. The summed E-state index contributed by atoms with van der Waals surface area (Å²) in [5.74, 6) is 0.107. The molecule has 1 atom stereocenters. The van der Waals surface area contributed by atoms with Crippen LogP contribution in [0.25, 0.3) is 0 Å². The van der Waals surface area contributed by atoms with Gasteiger partial charge in [0.15, 0.2) is 5.78 Å². The molecule has 2 aromatic rings. The SMILES string of the molecule is CN(C)c1ccc(C2CC(=O)C=C(NCc3ccc(F)cc3)C2)cc1. The van der Waals surface area contributed by atoms with Crippen LogP contribution in [0.15, 0.2) is 60.3 Å². The van der Waals surface area contributed by atoms with E-state index in [1.54, 1.807) is 18.2 Å². The van der Waals surface area contributed by atoms with E-state index in [-0.39, 0.29) is 17.5 Å². The van der Waals surface area contributed by atoms with Gasteiger partial charge in [-0.05, 0) is 47.7 Å². The van der Waals surface area contributed by atoms with E-state index in [9.17, 15) is 9.18 Å². The van der Waals surface area contributed by atoms with Crippen LogP contribution in [-0.2, 0) is 11.3 Å². The molecule has 0 saturated carbocycles. The van der Waals surface area contributed by atoms with Crippen LogP contribution >= 0.6 is 0 Å². The molecule has 130 valence electrons. The molecule has 0 bridgehead atoms. The van der Waals surface area contributed by atoms with Gasteiger partial charge in [0.2, 0.25) is 0 Å². The predicted octanol–water partition coefficient (Wildman–Crippen LogP) is 4.01. The topological polar surface area (TPSA) is 32.3 Å². The zero-order valence-corrected chi connectivity index (χ0v) is 14.6. The molecule has 25 heavy (non-hydrogen) atoms. The van der Waals surface area contributed by atoms with E-state index >= 15 is 0 Å². The Morgan fingerprint density at radius 3 is 2.36 bits per heavy atom. The van der Waals surface area contributed by atoms with E-state index in [1.807, 2.05) is 14.1 Å². The Morgan fingerprint density at radius 2 is 1.72 bits per heavy atom. The van der Waals surface area contributed by atoms with Gasteiger partial charge >= 0.3 is 0 Å². The predicted molar refractivity (Wildman–Crippen MR) is 99.1 cm³/mol. The molecule has 1 unspecified atom stereocenters. The van der Waals surface area contributed by atoms with Gasteiger partial charge < -0.3 is 10.2 Å². The summed E-state index contributed by atoms with van der Waals surface area (Å²) in [4.78, 5) is 14.2. The van der Waals surface area contributed by atoms with E-state index < -0.39 is 0 Å². The fourth-order valence-electron chi connectivity index (χ4n) is 3.11. The number of anilines is 1. The number of benzene rings is 2. The molecule has 0 fully saturated rings.